The molecule has 0 spiro atoms. The molecule has 0 heterocycles. The number of hydrogen-bond acceptors (Lipinski definition) is 7. The number of phosphoric acid groups is 1. The smallest absolute Gasteiger partial charge is 0.306 e. The summed E-state index contributed by atoms with van der Waals surface area (Å²) in [6.07, 6.45) is 45.4. The molecule has 0 aromatic rings. The molecule has 0 amide bonds. The van der Waals surface area contributed by atoms with E-state index in [0.29, 0.717) is 24.1 Å². The lowest BCUT2D eigenvalue weighted by atomic mass is 10.1. The van der Waals surface area contributed by atoms with Gasteiger partial charge in [0.25, 0.3) is 7.82 Å². The second kappa shape index (κ2) is 38.3. The fraction of sp³-hybridized carbons (Fsp3) is 0.800. The van der Waals surface area contributed by atoms with Gasteiger partial charge in [-0.3, -0.25) is 9.36 Å². The lowest BCUT2D eigenvalue weighted by molar-refractivity contribution is -0.870. The second-order valence-electron chi connectivity index (χ2n) is 15.7. The first-order valence-corrected chi connectivity index (χ1v) is 23.3. The average Bonchev–Trinajstić information content (AvgIpc) is 3.12. The highest BCUT2D eigenvalue weighted by Gasteiger charge is 2.20. The van der Waals surface area contributed by atoms with Crippen LogP contribution in [-0.4, -0.2) is 70.7 Å². The van der Waals surface area contributed by atoms with E-state index in [9.17, 15) is 14.3 Å². The van der Waals surface area contributed by atoms with Gasteiger partial charge in [-0.2, -0.15) is 0 Å². The number of rotatable bonds is 40. The fourth-order valence-electron chi connectivity index (χ4n) is 5.66. The molecule has 0 aliphatic carbocycles. The summed E-state index contributed by atoms with van der Waals surface area (Å²) in [5.74, 6) is -0.353. The Balaban J connectivity index is 4.29. The third-order valence-electron chi connectivity index (χ3n) is 9.10. The van der Waals surface area contributed by atoms with Crippen LogP contribution in [0.2, 0.25) is 0 Å². The third kappa shape index (κ3) is 41.6. The summed E-state index contributed by atoms with van der Waals surface area (Å²) in [5, 5.41) is 0. The Kier molecular flexibility index (Phi) is 37.2. The van der Waals surface area contributed by atoms with Gasteiger partial charge in [-0.05, 0) is 77.0 Å². The van der Waals surface area contributed by atoms with Crippen LogP contribution in [0.1, 0.15) is 174 Å². The van der Waals surface area contributed by atoms with Crippen molar-refractivity contribution in [2.75, 3.05) is 54.1 Å². The maximum atomic E-state index is 12.7. The highest BCUT2D eigenvalue weighted by molar-refractivity contribution is 7.45. The molecule has 0 fully saturated rings. The minimum absolute atomic E-state index is 0.0195. The lowest BCUT2D eigenvalue weighted by Crippen LogP contribution is -2.37. The van der Waals surface area contributed by atoms with Crippen LogP contribution in [0.4, 0.5) is 0 Å². The molecule has 0 saturated carbocycles. The van der Waals surface area contributed by atoms with Crippen molar-refractivity contribution >= 4 is 13.8 Å². The molecule has 0 radical (unpaired) electrons. The zero-order chi connectivity index (χ0) is 39.9. The quantitative estimate of drug-likeness (QED) is 0.0201. The molecular weight excluding hydrogens is 697 g/mol. The van der Waals surface area contributed by atoms with Crippen LogP contribution in [0.15, 0.2) is 48.6 Å². The third-order valence-corrected chi connectivity index (χ3v) is 10.1. The van der Waals surface area contributed by atoms with E-state index < -0.39 is 13.9 Å². The number of likely N-dealkylation sites (N-methyl/N-ethyl adjacent to an activating group) is 1. The van der Waals surface area contributed by atoms with E-state index in [0.717, 1.165) is 77.0 Å². The van der Waals surface area contributed by atoms with Crippen molar-refractivity contribution in [2.45, 2.75) is 180 Å². The molecule has 0 bridgehead atoms. The van der Waals surface area contributed by atoms with Crippen molar-refractivity contribution in [3.05, 3.63) is 48.6 Å². The van der Waals surface area contributed by atoms with E-state index in [-0.39, 0.29) is 25.8 Å². The average molecular weight is 782 g/mol. The molecule has 2 unspecified atom stereocenters. The molecule has 8 nitrogen and oxygen atoms in total. The highest BCUT2D eigenvalue weighted by Crippen LogP contribution is 2.38. The highest BCUT2D eigenvalue weighted by atomic mass is 31.2. The summed E-state index contributed by atoms with van der Waals surface area (Å²) < 4.78 is 34.5. The van der Waals surface area contributed by atoms with Gasteiger partial charge in [-0.15, -0.1) is 0 Å². The summed E-state index contributed by atoms with van der Waals surface area (Å²) in [4.78, 5) is 25.0. The fourth-order valence-corrected chi connectivity index (χ4v) is 6.39. The maximum Gasteiger partial charge on any atom is 0.306 e. The van der Waals surface area contributed by atoms with Crippen LogP contribution in [-0.2, 0) is 27.9 Å². The molecule has 0 saturated heterocycles. The van der Waals surface area contributed by atoms with Crippen LogP contribution in [0.3, 0.4) is 0 Å². The SMILES string of the molecule is CCCCC/C=C\C/C=C\CCCCCCCC(=O)OC(COCCCCCCCC/C=C\C/C=C\CCCCCC)COP(=O)([O-])OCC[N+](C)(C)C. The molecular formula is C45H84NO7P. The molecule has 0 rings (SSSR count). The van der Waals surface area contributed by atoms with Crippen molar-refractivity contribution in [3.8, 4) is 0 Å². The number of hydrogen-bond donors (Lipinski definition) is 0. The molecule has 0 aliphatic heterocycles. The number of quaternary nitrogens is 1. The molecule has 0 aliphatic rings. The van der Waals surface area contributed by atoms with E-state index in [1.54, 1.807) is 0 Å². The first-order chi connectivity index (χ1) is 26.1. The minimum Gasteiger partial charge on any atom is -0.756 e. The van der Waals surface area contributed by atoms with Gasteiger partial charge in [-0.25, -0.2) is 0 Å². The van der Waals surface area contributed by atoms with E-state index in [2.05, 4.69) is 62.5 Å². The first-order valence-electron chi connectivity index (χ1n) is 21.9. The predicted molar refractivity (Wildman–Crippen MR) is 226 cm³/mol. The van der Waals surface area contributed by atoms with Crippen LogP contribution in [0, 0.1) is 0 Å². The zero-order valence-electron chi connectivity index (χ0n) is 35.7. The number of phosphoric ester groups is 1. The van der Waals surface area contributed by atoms with E-state index in [1.165, 1.54) is 77.0 Å². The van der Waals surface area contributed by atoms with Crippen LogP contribution >= 0.6 is 7.82 Å². The standard InChI is InChI=1S/C45H84NO7P/c1-6-8-10-12-14-16-18-20-22-23-25-27-29-31-33-35-37-40-50-42-44(43-52-54(48,49)51-41-39-46(3,4)5)53-45(47)38-36-34-32-30-28-26-24-21-19-17-15-13-11-9-7-2/h15-18,21-24,44H,6-14,19-20,25-43H2,1-5H3/b17-15-,18-16-,23-22-,24-21-. The van der Waals surface area contributed by atoms with E-state index in [4.69, 9.17) is 18.5 Å². The van der Waals surface area contributed by atoms with Gasteiger partial charge >= 0.3 is 5.97 Å². The van der Waals surface area contributed by atoms with Crippen LogP contribution in [0.5, 0.6) is 0 Å². The zero-order valence-corrected chi connectivity index (χ0v) is 36.6. The van der Waals surface area contributed by atoms with Gasteiger partial charge < -0.3 is 27.9 Å². The summed E-state index contributed by atoms with van der Waals surface area (Å²) >= 11 is 0. The van der Waals surface area contributed by atoms with E-state index >= 15 is 0 Å². The number of allylic oxidation sites excluding steroid dienone is 8. The normalized spacial score (nSPS) is 14.3. The summed E-state index contributed by atoms with van der Waals surface area (Å²) in [6.45, 7) is 5.32. The number of nitrogens with zero attached hydrogens (tertiary/aromatic N) is 1. The molecule has 2 atom stereocenters. The Morgan fingerprint density at radius 2 is 1.02 bits per heavy atom. The molecule has 0 aromatic carbocycles. The Morgan fingerprint density at radius 1 is 0.574 bits per heavy atom. The Hall–Kier alpha value is -1.54. The predicted octanol–water partition coefficient (Wildman–Crippen LogP) is 12.1. The number of unbranched alkanes of at least 4 members (excludes halogenated alkanes) is 18. The van der Waals surface area contributed by atoms with Gasteiger partial charge in [0.15, 0.2) is 0 Å². The number of esters is 1. The molecule has 0 N–H and O–H groups in total. The van der Waals surface area contributed by atoms with Crippen molar-refractivity contribution in [2.24, 2.45) is 0 Å². The second-order valence-corrected chi connectivity index (χ2v) is 17.1. The Bertz CT molecular complexity index is 1000. The first kappa shape index (κ1) is 52.5. The molecule has 316 valence electrons. The number of carbonyl (C=O) groups excluding carboxylic acids is 1. The molecule has 0 aromatic heterocycles. The van der Waals surface area contributed by atoms with Crippen LogP contribution < -0.4 is 4.89 Å². The molecule has 54 heavy (non-hydrogen) atoms. The topological polar surface area (TPSA) is 94.1 Å². The minimum atomic E-state index is -4.53. The lowest BCUT2D eigenvalue weighted by Gasteiger charge is -2.28. The summed E-state index contributed by atoms with van der Waals surface area (Å²) in [5.41, 5.74) is 0. The van der Waals surface area contributed by atoms with Crippen molar-refractivity contribution in [1.82, 2.24) is 0 Å². The Labute approximate surface area is 333 Å². The largest absolute Gasteiger partial charge is 0.756 e. The number of carbonyl (C=O) groups is 1. The van der Waals surface area contributed by atoms with Gasteiger partial charge in [0.1, 0.15) is 19.3 Å². The summed E-state index contributed by atoms with van der Waals surface area (Å²) in [7, 11) is 1.33. The van der Waals surface area contributed by atoms with Crippen LogP contribution in [0.25, 0.3) is 0 Å². The van der Waals surface area contributed by atoms with Gasteiger partial charge in [0.2, 0.25) is 0 Å². The Morgan fingerprint density at radius 3 is 1.54 bits per heavy atom. The van der Waals surface area contributed by atoms with Gasteiger partial charge in [0.05, 0.1) is 34.4 Å². The summed E-state index contributed by atoms with van der Waals surface area (Å²) in [6, 6.07) is 0. The molecule has 9 heteroatoms. The van der Waals surface area contributed by atoms with Gasteiger partial charge in [-0.1, -0.05) is 140 Å². The monoisotopic (exact) mass is 782 g/mol. The van der Waals surface area contributed by atoms with Crippen molar-refractivity contribution in [1.29, 1.82) is 0 Å². The van der Waals surface area contributed by atoms with Crippen molar-refractivity contribution < 1.29 is 37.3 Å². The maximum absolute atomic E-state index is 12.7. The van der Waals surface area contributed by atoms with E-state index in [1.807, 2.05) is 21.1 Å². The van der Waals surface area contributed by atoms with Crippen molar-refractivity contribution in [3.63, 3.8) is 0 Å². The van der Waals surface area contributed by atoms with Gasteiger partial charge in [0, 0.05) is 13.0 Å². The number of ether oxygens (including phenoxy) is 2.